The van der Waals surface area contributed by atoms with Crippen molar-refractivity contribution < 1.29 is 18.3 Å². The monoisotopic (exact) mass is 389 g/mol. The molecule has 3 nitrogen and oxygen atoms in total. The molecule has 100 valence electrons. The lowest BCUT2D eigenvalue weighted by atomic mass is 10.1. The molecule has 0 aromatic carbocycles. The molecule has 0 aliphatic rings. The van der Waals surface area contributed by atoms with E-state index in [9.17, 15) is 13.6 Å². The second kappa shape index (κ2) is 7.18. The maximum Gasteiger partial charge on any atom is 0.311 e. The molecule has 0 spiro atoms. The fourth-order valence-electron chi connectivity index (χ4n) is 1.39. The number of alkyl halides is 3. The molecule has 0 unspecified atom stereocenters. The van der Waals surface area contributed by atoms with Crippen molar-refractivity contribution in [2.45, 2.75) is 25.7 Å². The third-order valence-electron chi connectivity index (χ3n) is 2.19. The van der Waals surface area contributed by atoms with Gasteiger partial charge in [-0.25, -0.2) is 8.78 Å². The van der Waals surface area contributed by atoms with Crippen molar-refractivity contribution in [3.63, 3.8) is 0 Å². The predicted molar refractivity (Wildman–Crippen MR) is 71.8 cm³/mol. The van der Waals surface area contributed by atoms with Gasteiger partial charge in [0.1, 0.15) is 0 Å². The van der Waals surface area contributed by atoms with Crippen LogP contribution in [0.15, 0.2) is 6.20 Å². The molecule has 0 saturated heterocycles. The molecule has 0 bridgehead atoms. The third-order valence-corrected chi connectivity index (χ3v) is 3.68. The van der Waals surface area contributed by atoms with Gasteiger partial charge in [0.25, 0.3) is 6.43 Å². The summed E-state index contributed by atoms with van der Waals surface area (Å²) in [7, 11) is 0. The summed E-state index contributed by atoms with van der Waals surface area (Å²) < 4.78 is 30.9. The topological polar surface area (TPSA) is 39.2 Å². The standard InChI is InChI=1S/C11H11ClF2INO2/c1-2-18-8(17)3-7-10(15)9(11(13)14)6(4-12)5-16-7/h5,11H,2-4H2,1H3. The van der Waals surface area contributed by atoms with E-state index in [4.69, 9.17) is 16.3 Å². The van der Waals surface area contributed by atoms with Crippen LogP contribution < -0.4 is 0 Å². The number of carbonyl (C=O) groups is 1. The van der Waals surface area contributed by atoms with E-state index >= 15 is 0 Å². The van der Waals surface area contributed by atoms with Crippen molar-refractivity contribution in [2.75, 3.05) is 6.61 Å². The average molecular weight is 390 g/mol. The van der Waals surface area contributed by atoms with Crippen LogP contribution in [0.5, 0.6) is 0 Å². The van der Waals surface area contributed by atoms with Crippen molar-refractivity contribution in [3.8, 4) is 0 Å². The molecule has 0 aliphatic carbocycles. The highest BCUT2D eigenvalue weighted by Gasteiger charge is 2.21. The summed E-state index contributed by atoms with van der Waals surface area (Å²) in [6.45, 7) is 1.92. The summed E-state index contributed by atoms with van der Waals surface area (Å²) in [5.41, 5.74) is 0.418. The number of ether oxygens (including phenoxy) is 1. The van der Waals surface area contributed by atoms with Crippen LogP contribution in [0, 0.1) is 3.57 Å². The van der Waals surface area contributed by atoms with Gasteiger partial charge in [-0.1, -0.05) is 0 Å². The highest BCUT2D eigenvalue weighted by atomic mass is 127. The van der Waals surface area contributed by atoms with E-state index in [-0.39, 0.29) is 33.6 Å². The van der Waals surface area contributed by atoms with Crippen molar-refractivity contribution >= 4 is 40.2 Å². The maximum absolute atomic E-state index is 12.9. The van der Waals surface area contributed by atoms with E-state index in [0.717, 1.165) is 0 Å². The zero-order valence-corrected chi connectivity index (χ0v) is 12.5. The maximum atomic E-state index is 12.9. The van der Waals surface area contributed by atoms with Gasteiger partial charge in [0, 0.05) is 21.2 Å². The number of esters is 1. The molecule has 0 atom stereocenters. The molecule has 1 rings (SSSR count). The first-order valence-electron chi connectivity index (χ1n) is 5.17. The second-order valence-electron chi connectivity index (χ2n) is 3.37. The number of pyridine rings is 1. The Balaban J connectivity index is 3.08. The zero-order valence-electron chi connectivity index (χ0n) is 9.55. The lowest BCUT2D eigenvalue weighted by molar-refractivity contribution is -0.142. The van der Waals surface area contributed by atoms with Crippen LogP contribution in [-0.4, -0.2) is 17.6 Å². The molecule has 0 aliphatic heterocycles. The minimum Gasteiger partial charge on any atom is -0.466 e. The molecule has 1 aromatic heterocycles. The summed E-state index contributed by atoms with van der Waals surface area (Å²) in [6, 6.07) is 0. The number of rotatable bonds is 5. The minimum absolute atomic E-state index is 0.0393. The Morgan fingerprint density at radius 2 is 2.28 bits per heavy atom. The third kappa shape index (κ3) is 3.74. The minimum atomic E-state index is -2.64. The molecule has 0 saturated carbocycles. The van der Waals surface area contributed by atoms with Gasteiger partial charge >= 0.3 is 5.97 Å². The van der Waals surface area contributed by atoms with Gasteiger partial charge in [0.15, 0.2) is 0 Å². The SMILES string of the molecule is CCOC(=O)Cc1ncc(CCl)c(C(F)F)c1I. The van der Waals surface area contributed by atoms with E-state index in [2.05, 4.69) is 4.98 Å². The van der Waals surface area contributed by atoms with Gasteiger partial charge < -0.3 is 4.74 Å². The second-order valence-corrected chi connectivity index (χ2v) is 4.72. The first-order valence-corrected chi connectivity index (χ1v) is 6.78. The summed E-state index contributed by atoms with van der Waals surface area (Å²) in [5.74, 6) is -0.524. The Morgan fingerprint density at radius 1 is 1.61 bits per heavy atom. The van der Waals surface area contributed by atoms with Crippen LogP contribution >= 0.6 is 34.2 Å². The van der Waals surface area contributed by atoms with Crippen LogP contribution in [0.1, 0.15) is 30.2 Å². The summed E-state index contributed by atoms with van der Waals surface area (Å²) in [4.78, 5) is 15.3. The smallest absolute Gasteiger partial charge is 0.311 e. The Hall–Kier alpha value is -0.500. The molecule has 1 aromatic rings. The zero-order chi connectivity index (χ0) is 13.7. The van der Waals surface area contributed by atoms with E-state index < -0.39 is 12.4 Å². The van der Waals surface area contributed by atoms with E-state index in [1.807, 2.05) is 0 Å². The Labute approximate surface area is 122 Å². The van der Waals surface area contributed by atoms with Gasteiger partial charge in [-0.3, -0.25) is 9.78 Å². The number of halogens is 4. The van der Waals surface area contributed by atoms with Gasteiger partial charge in [-0.15, -0.1) is 11.6 Å². The molecule has 0 radical (unpaired) electrons. The van der Waals surface area contributed by atoms with Crippen molar-refractivity contribution in [1.29, 1.82) is 0 Å². The molecule has 7 heteroatoms. The normalized spacial score (nSPS) is 10.8. The highest BCUT2D eigenvalue weighted by molar-refractivity contribution is 14.1. The van der Waals surface area contributed by atoms with Crippen molar-refractivity contribution in [3.05, 3.63) is 26.6 Å². The molecule has 0 fully saturated rings. The molecule has 0 amide bonds. The number of nitrogens with zero attached hydrogens (tertiary/aromatic N) is 1. The van der Waals surface area contributed by atoms with E-state index in [1.54, 1.807) is 29.5 Å². The predicted octanol–water partition coefficient (Wildman–Crippen LogP) is 3.47. The number of carbonyl (C=O) groups excluding carboxylic acids is 1. The quantitative estimate of drug-likeness (QED) is 0.440. The Kier molecular flexibility index (Phi) is 6.20. The first-order chi connectivity index (χ1) is 8.51. The molecule has 0 N–H and O–H groups in total. The van der Waals surface area contributed by atoms with Crippen LogP contribution in [0.3, 0.4) is 0 Å². The highest BCUT2D eigenvalue weighted by Crippen LogP contribution is 2.30. The Morgan fingerprint density at radius 3 is 2.78 bits per heavy atom. The summed E-state index contributed by atoms with van der Waals surface area (Å²) in [5, 5.41) is 0. The van der Waals surface area contributed by atoms with Gasteiger partial charge in [-0.2, -0.15) is 0 Å². The average Bonchev–Trinajstić information content (AvgIpc) is 2.31. The number of hydrogen-bond donors (Lipinski definition) is 0. The largest absolute Gasteiger partial charge is 0.466 e. The van der Waals surface area contributed by atoms with Gasteiger partial charge in [0.2, 0.25) is 0 Å². The van der Waals surface area contributed by atoms with Crippen LogP contribution in [0.4, 0.5) is 8.78 Å². The summed E-state index contributed by atoms with van der Waals surface area (Å²) >= 11 is 7.35. The first kappa shape index (κ1) is 15.6. The lowest BCUT2D eigenvalue weighted by Crippen LogP contribution is -2.12. The molecular weight excluding hydrogens is 378 g/mol. The van der Waals surface area contributed by atoms with Crippen LogP contribution in [-0.2, 0) is 21.8 Å². The number of aromatic nitrogens is 1. The van der Waals surface area contributed by atoms with Crippen LogP contribution in [0.2, 0.25) is 0 Å². The molecule has 18 heavy (non-hydrogen) atoms. The molecule has 1 heterocycles. The van der Waals surface area contributed by atoms with Crippen LogP contribution in [0.25, 0.3) is 0 Å². The lowest BCUT2D eigenvalue weighted by Gasteiger charge is -2.12. The van der Waals surface area contributed by atoms with Crippen molar-refractivity contribution in [2.24, 2.45) is 0 Å². The Bertz CT molecular complexity index is 443. The summed E-state index contributed by atoms with van der Waals surface area (Å²) in [6.07, 6.45) is -1.48. The van der Waals surface area contributed by atoms with E-state index in [1.165, 1.54) is 6.20 Å². The van der Waals surface area contributed by atoms with Gasteiger partial charge in [-0.05, 0) is 35.1 Å². The van der Waals surface area contributed by atoms with Crippen molar-refractivity contribution in [1.82, 2.24) is 4.98 Å². The van der Waals surface area contributed by atoms with Gasteiger partial charge in [0.05, 0.1) is 18.7 Å². The number of hydrogen-bond acceptors (Lipinski definition) is 3. The van der Waals surface area contributed by atoms with E-state index in [0.29, 0.717) is 5.69 Å². The molecular formula is C11H11ClF2INO2. The fourth-order valence-corrected chi connectivity index (χ4v) is 2.52. The fraction of sp³-hybridized carbons (Fsp3) is 0.455.